The third-order valence-corrected chi connectivity index (χ3v) is 5.53. The number of rotatable bonds is 8. The van der Waals surface area contributed by atoms with Crippen LogP contribution in [0.2, 0.25) is 0 Å². The van der Waals surface area contributed by atoms with Crippen molar-refractivity contribution in [2.45, 2.75) is 52.6 Å². The number of halogens is 1. The van der Waals surface area contributed by atoms with Gasteiger partial charge in [-0.05, 0) is 70.4 Å². The van der Waals surface area contributed by atoms with Crippen molar-refractivity contribution in [3.63, 3.8) is 0 Å². The minimum atomic E-state index is -0.601. The molecule has 30 heavy (non-hydrogen) atoms. The quantitative estimate of drug-likeness (QED) is 0.611. The summed E-state index contributed by atoms with van der Waals surface area (Å²) in [5.41, 5.74) is 1.77. The van der Waals surface area contributed by atoms with Gasteiger partial charge in [0.15, 0.2) is 6.61 Å². The first-order chi connectivity index (χ1) is 14.1. The second-order valence-corrected chi connectivity index (χ2v) is 9.29. The van der Waals surface area contributed by atoms with Crippen LogP contribution in [-0.4, -0.2) is 41.4 Å². The Bertz CT molecular complexity index is 862. The van der Waals surface area contributed by atoms with Crippen LogP contribution < -0.4 is 10.1 Å². The Morgan fingerprint density at radius 1 is 1.13 bits per heavy atom. The van der Waals surface area contributed by atoms with Gasteiger partial charge in [-0.25, -0.2) is 0 Å². The number of aryl methyl sites for hydroxylation is 1. The van der Waals surface area contributed by atoms with Crippen molar-refractivity contribution in [1.29, 1.82) is 0 Å². The topological polar surface area (TPSA) is 58.6 Å². The van der Waals surface area contributed by atoms with Gasteiger partial charge in [0, 0.05) is 16.6 Å². The molecule has 6 heteroatoms. The van der Waals surface area contributed by atoms with E-state index in [0.717, 1.165) is 15.6 Å². The van der Waals surface area contributed by atoms with Crippen molar-refractivity contribution < 1.29 is 14.3 Å². The highest BCUT2D eigenvalue weighted by Gasteiger charge is 2.28. The van der Waals surface area contributed by atoms with Crippen LogP contribution in [0.15, 0.2) is 53.0 Å². The molecule has 0 radical (unpaired) electrons. The molecule has 0 saturated carbocycles. The molecule has 1 N–H and O–H groups in total. The fraction of sp³-hybridized carbons (Fsp3) is 0.417. The number of ether oxygens (including phenoxy) is 1. The van der Waals surface area contributed by atoms with E-state index >= 15 is 0 Å². The maximum atomic E-state index is 13.0. The van der Waals surface area contributed by atoms with E-state index in [2.05, 4.69) is 21.2 Å². The van der Waals surface area contributed by atoms with E-state index in [1.807, 2.05) is 76.2 Å². The van der Waals surface area contributed by atoms with Gasteiger partial charge in [-0.1, -0.05) is 46.3 Å². The van der Waals surface area contributed by atoms with Gasteiger partial charge in [-0.15, -0.1) is 0 Å². The van der Waals surface area contributed by atoms with E-state index in [4.69, 9.17) is 4.74 Å². The summed E-state index contributed by atoms with van der Waals surface area (Å²) in [5.74, 6) is 0.227. The number of amides is 2. The van der Waals surface area contributed by atoms with Gasteiger partial charge in [-0.3, -0.25) is 9.59 Å². The highest BCUT2D eigenvalue weighted by Crippen LogP contribution is 2.21. The Labute approximate surface area is 187 Å². The molecule has 0 aromatic heterocycles. The summed E-state index contributed by atoms with van der Waals surface area (Å²) in [7, 11) is 0. The summed E-state index contributed by atoms with van der Waals surface area (Å²) >= 11 is 3.46. The maximum absolute atomic E-state index is 13.0. The molecule has 0 unspecified atom stereocenters. The second-order valence-electron chi connectivity index (χ2n) is 8.44. The lowest BCUT2D eigenvalue weighted by Gasteiger charge is -2.31. The Morgan fingerprint density at radius 2 is 1.80 bits per heavy atom. The summed E-state index contributed by atoms with van der Waals surface area (Å²) < 4.78 is 6.71. The molecule has 0 aliphatic heterocycles. The minimum absolute atomic E-state index is 0.122. The van der Waals surface area contributed by atoms with Crippen LogP contribution in [-0.2, 0) is 16.0 Å². The Hall–Kier alpha value is -2.34. The zero-order valence-electron chi connectivity index (χ0n) is 18.4. The Balaban J connectivity index is 2.10. The molecule has 5 nitrogen and oxygen atoms in total. The fourth-order valence-corrected chi connectivity index (χ4v) is 3.23. The second kappa shape index (κ2) is 10.6. The predicted molar refractivity (Wildman–Crippen MR) is 124 cm³/mol. The molecule has 0 bridgehead atoms. The van der Waals surface area contributed by atoms with Gasteiger partial charge < -0.3 is 15.0 Å². The maximum Gasteiger partial charge on any atom is 0.261 e. The monoisotopic (exact) mass is 474 g/mol. The van der Waals surface area contributed by atoms with Gasteiger partial charge in [0.2, 0.25) is 5.91 Å². The molecule has 0 saturated heterocycles. The summed E-state index contributed by atoms with van der Waals surface area (Å²) in [6.07, 6.45) is 0.664. The summed E-state index contributed by atoms with van der Waals surface area (Å²) in [6.45, 7) is 9.80. The molecular formula is C24H31BrN2O3. The molecule has 2 rings (SSSR count). The van der Waals surface area contributed by atoms with Crippen molar-refractivity contribution >= 4 is 27.7 Å². The average Bonchev–Trinajstić information content (AvgIpc) is 2.68. The summed E-state index contributed by atoms with van der Waals surface area (Å²) in [4.78, 5) is 27.3. The first kappa shape index (κ1) is 23.9. The largest absolute Gasteiger partial charge is 0.484 e. The fourth-order valence-electron chi connectivity index (χ4n) is 2.98. The zero-order valence-corrected chi connectivity index (χ0v) is 20.0. The third-order valence-electron chi connectivity index (χ3n) is 4.64. The summed E-state index contributed by atoms with van der Waals surface area (Å²) in [5, 5.41) is 2.96. The van der Waals surface area contributed by atoms with Crippen LogP contribution in [0.4, 0.5) is 0 Å². The molecule has 2 aromatic carbocycles. The third kappa shape index (κ3) is 7.48. The molecular weight excluding hydrogens is 444 g/mol. The van der Waals surface area contributed by atoms with E-state index in [-0.39, 0.29) is 24.0 Å². The highest BCUT2D eigenvalue weighted by molar-refractivity contribution is 9.10. The SMILES string of the molecule is Cc1cc(OCC(=O)N(CCc2ccccc2)[C@@H](C)C(=O)NC(C)(C)C)ccc1Br. The van der Waals surface area contributed by atoms with E-state index < -0.39 is 6.04 Å². The number of benzene rings is 2. The molecule has 0 fully saturated rings. The molecule has 0 heterocycles. The van der Waals surface area contributed by atoms with Gasteiger partial charge >= 0.3 is 0 Å². The van der Waals surface area contributed by atoms with Crippen LogP contribution in [0.1, 0.15) is 38.8 Å². The first-order valence-electron chi connectivity index (χ1n) is 10.1. The average molecular weight is 475 g/mol. The van der Waals surface area contributed by atoms with Crippen molar-refractivity contribution in [1.82, 2.24) is 10.2 Å². The lowest BCUT2D eigenvalue weighted by molar-refractivity contribution is -0.142. The number of nitrogens with zero attached hydrogens (tertiary/aromatic N) is 1. The van der Waals surface area contributed by atoms with Crippen molar-refractivity contribution in [2.75, 3.05) is 13.2 Å². The van der Waals surface area contributed by atoms with Crippen LogP contribution >= 0.6 is 15.9 Å². The smallest absolute Gasteiger partial charge is 0.261 e. The first-order valence-corrected chi connectivity index (χ1v) is 10.9. The molecule has 0 aliphatic carbocycles. The molecule has 162 valence electrons. The molecule has 0 aliphatic rings. The molecule has 2 aromatic rings. The van der Waals surface area contributed by atoms with Gasteiger partial charge in [0.1, 0.15) is 11.8 Å². The number of hydrogen-bond donors (Lipinski definition) is 1. The predicted octanol–water partition coefficient (Wildman–Crippen LogP) is 4.51. The van der Waals surface area contributed by atoms with Crippen LogP contribution in [0, 0.1) is 6.92 Å². The standard InChI is InChI=1S/C24H31BrN2O3/c1-17-15-20(11-12-21(17)25)30-16-22(28)27(14-13-19-9-7-6-8-10-19)18(2)23(29)26-24(3,4)5/h6-12,15,18H,13-14,16H2,1-5H3,(H,26,29)/t18-/m0/s1. The van der Waals surface area contributed by atoms with E-state index in [9.17, 15) is 9.59 Å². The zero-order chi connectivity index (χ0) is 22.3. The number of carbonyl (C=O) groups excluding carboxylic acids is 2. The Kier molecular flexibility index (Phi) is 8.47. The lowest BCUT2D eigenvalue weighted by atomic mass is 10.1. The summed E-state index contributed by atoms with van der Waals surface area (Å²) in [6, 6.07) is 14.9. The van der Waals surface area contributed by atoms with Crippen molar-refractivity contribution in [3.05, 3.63) is 64.1 Å². The number of hydrogen-bond acceptors (Lipinski definition) is 3. The van der Waals surface area contributed by atoms with E-state index in [1.54, 1.807) is 11.8 Å². The van der Waals surface area contributed by atoms with Crippen LogP contribution in [0.3, 0.4) is 0 Å². The van der Waals surface area contributed by atoms with Crippen LogP contribution in [0.5, 0.6) is 5.75 Å². The minimum Gasteiger partial charge on any atom is -0.484 e. The van der Waals surface area contributed by atoms with Crippen molar-refractivity contribution in [3.8, 4) is 5.75 Å². The van der Waals surface area contributed by atoms with Crippen molar-refractivity contribution in [2.24, 2.45) is 0 Å². The van der Waals surface area contributed by atoms with Crippen LogP contribution in [0.25, 0.3) is 0 Å². The van der Waals surface area contributed by atoms with Gasteiger partial charge in [-0.2, -0.15) is 0 Å². The Morgan fingerprint density at radius 3 is 2.40 bits per heavy atom. The van der Waals surface area contributed by atoms with Gasteiger partial charge in [0.25, 0.3) is 5.91 Å². The number of nitrogens with one attached hydrogen (secondary N) is 1. The number of carbonyl (C=O) groups is 2. The highest BCUT2D eigenvalue weighted by atomic mass is 79.9. The molecule has 2 amide bonds. The molecule has 0 spiro atoms. The van der Waals surface area contributed by atoms with Gasteiger partial charge in [0.05, 0.1) is 0 Å². The lowest BCUT2D eigenvalue weighted by Crippen LogP contribution is -2.53. The molecule has 1 atom stereocenters. The normalized spacial score (nSPS) is 12.2. The van der Waals surface area contributed by atoms with E-state index in [0.29, 0.717) is 18.7 Å². The van der Waals surface area contributed by atoms with E-state index in [1.165, 1.54) is 0 Å².